The van der Waals surface area contributed by atoms with Crippen molar-refractivity contribution in [2.24, 2.45) is 0 Å². The molecule has 148 valence electrons. The summed E-state index contributed by atoms with van der Waals surface area (Å²) in [6, 6.07) is 15.6. The summed E-state index contributed by atoms with van der Waals surface area (Å²) in [5.41, 5.74) is 10.1. The molecule has 2 N–H and O–H groups in total. The highest BCUT2D eigenvalue weighted by atomic mass is 32.2. The van der Waals surface area contributed by atoms with E-state index in [-0.39, 0.29) is 12.4 Å². The lowest BCUT2D eigenvalue weighted by atomic mass is 9.97. The maximum absolute atomic E-state index is 12.0. The predicted octanol–water partition coefficient (Wildman–Crippen LogP) is 4.40. The second kappa shape index (κ2) is 8.53. The van der Waals surface area contributed by atoms with Crippen LogP contribution >= 0.6 is 11.8 Å². The summed E-state index contributed by atoms with van der Waals surface area (Å²) in [7, 11) is 0. The number of rotatable bonds is 6. The summed E-state index contributed by atoms with van der Waals surface area (Å²) < 4.78 is 11.2. The van der Waals surface area contributed by atoms with E-state index in [0.717, 1.165) is 22.6 Å². The number of benzene rings is 2. The van der Waals surface area contributed by atoms with Gasteiger partial charge in [0.1, 0.15) is 11.9 Å². The lowest BCUT2D eigenvalue weighted by Gasteiger charge is -2.27. The van der Waals surface area contributed by atoms with Crippen LogP contribution in [0.4, 0.5) is 5.69 Å². The molecule has 1 unspecified atom stereocenters. The molecule has 0 fully saturated rings. The van der Waals surface area contributed by atoms with Crippen molar-refractivity contribution in [3.63, 3.8) is 0 Å². The molecule has 6 nitrogen and oxygen atoms in total. The molecule has 1 aromatic heterocycles. The second-order valence-corrected chi connectivity index (χ2v) is 7.54. The summed E-state index contributed by atoms with van der Waals surface area (Å²) in [6.07, 6.45) is 1.35. The van der Waals surface area contributed by atoms with Crippen LogP contribution < -0.4 is 10.5 Å². The number of carbonyl (C=O) groups excluding carboxylic acids is 1. The molecule has 29 heavy (non-hydrogen) atoms. The number of nitrogen functional groups attached to an aromatic ring is 1. The Labute approximate surface area is 173 Å². The highest BCUT2D eigenvalue weighted by molar-refractivity contribution is 7.98. The lowest BCUT2D eigenvalue weighted by Crippen LogP contribution is -2.20. The van der Waals surface area contributed by atoms with Crippen molar-refractivity contribution < 1.29 is 14.3 Å². The number of hydrogen-bond acceptors (Lipinski definition) is 7. The first kappa shape index (κ1) is 19.3. The molecule has 0 spiro atoms. The van der Waals surface area contributed by atoms with E-state index in [9.17, 15) is 4.79 Å². The van der Waals surface area contributed by atoms with Crippen molar-refractivity contribution in [3.05, 3.63) is 65.9 Å². The zero-order valence-corrected chi connectivity index (χ0v) is 16.8. The summed E-state index contributed by atoms with van der Waals surface area (Å²) >= 11 is 1.56. The second-order valence-electron chi connectivity index (χ2n) is 6.60. The molecule has 4 rings (SSSR count). The predicted molar refractivity (Wildman–Crippen MR) is 113 cm³/mol. The number of anilines is 1. The molecule has 2 aromatic carbocycles. The summed E-state index contributed by atoms with van der Waals surface area (Å²) in [5, 5.41) is 0.665. The molecule has 0 saturated heterocycles. The largest absolute Gasteiger partial charge is 0.484 e. The van der Waals surface area contributed by atoms with Gasteiger partial charge in [0.15, 0.2) is 5.16 Å². The highest BCUT2D eigenvalue weighted by Gasteiger charge is 2.30. The van der Waals surface area contributed by atoms with Gasteiger partial charge in [-0.2, -0.15) is 0 Å². The smallest absolute Gasteiger partial charge is 0.309 e. The van der Waals surface area contributed by atoms with Crippen LogP contribution in [0, 0.1) is 0 Å². The van der Waals surface area contributed by atoms with Crippen molar-refractivity contribution in [1.82, 2.24) is 9.97 Å². The monoisotopic (exact) mass is 407 g/mol. The molecule has 0 amide bonds. The Morgan fingerprint density at radius 2 is 2.07 bits per heavy atom. The van der Waals surface area contributed by atoms with Crippen LogP contribution in [0.1, 0.15) is 30.6 Å². The topological polar surface area (TPSA) is 87.3 Å². The lowest BCUT2D eigenvalue weighted by molar-refractivity contribution is -0.145. The van der Waals surface area contributed by atoms with Gasteiger partial charge in [-0.15, -0.1) is 0 Å². The van der Waals surface area contributed by atoms with Gasteiger partial charge in [0.05, 0.1) is 18.7 Å². The van der Waals surface area contributed by atoms with E-state index in [2.05, 4.69) is 17.1 Å². The Bertz CT molecular complexity index is 1030. The molecule has 0 saturated carbocycles. The van der Waals surface area contributed by atoms with E-state index < -0.39 is 6.10 Å². The zero-order chi connectivity index (χ0) is 20.2. The van der Waals surface area contributed by atoms with E-state index in [4.69, 9.17) is 20.2 Å². The highest BCUT2D eigenvalue weighted by Crippen LogP contribution is 2.43. The normalized spacial score (nSPS) is 14.4. The van der Waals surface area contributed by atoms with Gasteiger partial charge in [-0.05, 0) is 30.7 Å². The van der Waals surface area contributed by atoms with Gasteiger partial charge in [-0.25, -0.2) is 9.97 Å². The number of nitrogens with zero attached hydrogens (tertiary/aromatic N) is 2. The summed E-state index contributed by atoms with van der Waals surface area (Å²) in [6.45, 7) is 2.11. The molecule has 1 aliphatic heterocycles. The van der Waals surface area contributed by atoms with Crippen molar-refractivity contribution >= 4 is 23.4 Å². The van der Waals surface area contributed by atoms with Gasteiger partial charge in [-0.1, -0.05) is 42.1 Å². The molecular weight excluding hydrogens is 386 g/mol. The van der Waals surface area contributed by atoms with Crippen LogP contribution in [0.2, 0.25) is 0 Å². The van der Waals surface area contributed by atoms with Crippen LogP contribution in [-0.2, 0) is 15.3 Å². The molecule has 7 heteroatoms. The first-order valence-electron chi connectivity index (χ1n) is 9.40. The Kier molecular flexibility index (Phi) is 5.67. The van der Waals surface area contributed by atoms with Crippen molar-refractivity contribution in [3.8, 4) is 17.0 Å². The van der Waals surface area contributed by atoms with E-state index >= 15 is 0 Å². The van der Waals surface area contributed by atoms with Gasteiger partial charge in [0, 0.05) is 28.8 Å². The molecule has 1 aliphatic rings. The first-order chi connectivity index (χ1) is 14.1. The summed E-state index contributed by atoms with van der Waals surface area (Å²) in [4.78, 5) is 21.3. The molecule has 0 bridgehead atoms. The van der Waals surface area contributed by atoms with Crippen molar-refractivity contribution in [2.45, 2.75) is 30.4 Å². The van der Waals surface area contributed by atoms with Crippen LogP contribution in [0.3, 0.4) is 0 Å². The quantitative estimate of drug-likeness (QED) is 0.280. The van der Waals surface area contributed by atoms with Crippen molar-refractivity contribution in [1.29, 1.82) is 0 Å². The standard InChI is InChI=1S/C22H21N3O3S/c1-2-27-20(26)11-19-17-12-24-22(29-13-14-6-4-3-5-7-14)25-21(17)16-10-15(23)8-9-18(16)28-19/h3-10,12,19H,2,11,13,23H2,1H3. The summed E-state index contributed by atoms with van der Waals surface area (Å²) in [5.74, 6) is 1.11. The SMILES string of the molecule is CCOC(=O)CC1Oc2ccc(N)cc2-c2nc(SCc3ccccc3)ncc21. The average molecular weight is 407 g/mol. The molecular formula is C22H21N3O3S. The van der Waals surface area contributed by atoms with Crippen LogP contribution in [0.5, 0.6) is 5.75 Å². The molecule has 0 radical (unpaired) electrons. The fraction of sp³-hybridized carbons (Fsp3) is 0.227. The minimum absolute atomic E-state index is 0.102. The number of nitrogens with two attached hydrogens (primary N) is 1. The van der Waals surface area contributed by atoms with E-state index in [1.807, 2.05) is 30.3 Å². The van der Waals surface area contributed by atoms with E-state index in [1.165, 1.54) is 5.56 Å². The zero-order valence-electron chi connectivity index (χ0n) is 16.0. The van der Waals surface area contributed by atoms with Gasteiger partial charge in [-0.3, -0.25) is 4.79 Å². The number of fused-ring (bicyclic) bond motifs is 3. The van der Waals surface area contributed by atoms with Gasteiger partial charge in [0.25, 0.3) is 0 Å². The minimum Gasteiger partial charge on any atom is -0.484 e. The van der Waals surface area contributed by atoms with E-state index in [1.54, 1.807) is 30.9 Å². The number of esters is 1. The third kappa shape index (κ3) is 4.35. The van der Waals surface area contributed by atoms with Gasteiger partial charge < -0.3 is 15.2 Å². The number of aromatic nitrogens is 2. The maximum atomic E-state index is 12.0. The fourth-order valence-corrected chi connectivity index (χ4v) is 3.96. The average Bonchev–Trinajstić information content (AvgIpc) is 2.73. The minimum atomic E-state index is -0.492. The van der Waals surface area contributed by atoms with Gasteiger partial charge in [0.2, 0.25) is 0 Å². The Morgan fingerprint density at radius 1 is 1.24 bits per heavy atom. The molecule has 1 atom stereocenters. The van der Waals surface area contributed by atoms with E-state index in [0.29, 0.717) is 23.2 Å². The third-order valence-corrected chi connectivity index (χ3v) is 5.47. The van der Waals surface area contributed by atoms with Gasteiger partial charge >= 0.3 is 5.97 Å². The molecule has 0 aliphatic carbocycles. The Balaban J connectivity index is 1.65. The number of carbonyl (C=O) groups is 1. The maximum Gasteiger partial charge on any atom is 0.309 e. The number of ether oxygens (including phenoxy) is 2. The van der Waals surface area contributed by atoms with Crippen LogP contribution in [0.25, 0.3) is 11.3 Å². The number of hydrogen-bond donors (Lipinski definition) is 1. The Hall–Kier alpha value is -3.06. The molecule has 3 aromatic rings. The third-order valence-electron chi connectivity index (χ3n) is 4.54. The molecule has 2 heterocycles. The van der Waals surface area contributed by atoms with Crippen LogP contribution in [0.15, 0.2) is 59.9 Å². The van der Waals surface area contributed by atoms with Crippen LogP contribution in [-0.4, -0.2) is 22.5 Å². The fourth-order valence-electron chi connectivity index (χ4n) is 3.19. The number of thioether (sulfide) groups is 1. The Morgan fingerprint density at radius 3 is 2.86 bits per heavy atom. The first-order valence-corrected chi connectivity index (χ1v) is 10.4. The van der Waals surface area contributed by atoms with Crippen molar-refractivity contribution in [2.75, 3.05) is 12.3 Å².